The molecule has 0 saturated heterocycles. The molecule has 1 heterocycles. The van der Waals surface area contributed by atoms with Gasteiger partial charge in [-0.15, -0.1) is 0 Å². The lowest BCUT2D eigenvalue weighted by molar-refractivity contribution is -0.164. The number of alkyl halides is 3. The number of anilines is 1. The van der Waals surface area contributed by atoms with Crippen molar-refractivity contribution in [3.05, 3.63) is 21.0 Å². The highest BCUT2D eigenvalue weighted by Crippen LogP contribution is 2.28. The van der Waals surface area contributed by atoms with Crippen LogP contribution in [0.5, 0.6) is 0 Å². The third kappa shape index (κ3) is 4.14. The second-order valence-electron chi connectivity index (χ2n) is 6.09. The molecule has 1 aliphatic rings. The third-order valence-electron chi connectivity index (χ3n) is 4.44. The summed E-state index contributed by atoms with van der Waals surface area (Å²) in [6.45, 7) is 2.66. The van der Waals surface area contributed by atoms with Gasteiger partial charge in [0, 0.05) is 6.04 Å². The number of halogens is 3. The van der Waals surface area contributed by atoms with Crippen LogP contribution in [0.15, 0.2) is 9.59 Å². The van der Waals surface area contributed by atoms with Gasteiger partial charge in [0.05, 0.1) is 0 Å². The van der Waals surface area contributed by atoms with Gasteiger partial charge in [-0.3, -0.25) is 4.98 Å². The van der Waals surface area contributed by atoms with E-state index < -0.39 is 23.6 Å². The Morgan fingerprint density at radius 1 is 1.22 bits per heavy atom. The van der Waals surface area contributed by atoms with Crippen molar-refractivity contribution >= 4 is 5.95 Å². The summed E-state index contributed by atoms with van der Waals surface area (Å²) in [5.41, 5.74) is -2.33. The highest BCUT2D eigenvalue weighted by molar-refractivity contribution is 5.23. The van der Waals surface area contributed by atoms with Crippen molar-refractivity contribution in [2.24, 2.45) is 5.92 Å². The van der Waals surface area contributed by atoms with Gasteiger partial charge in [0.15, 0.2) is 0 Å². The Labute approximate surface area is 131 Å². The molecule has 1 aliphatic carbocycles. The van der Waals surface area contributed by atoms with Crippen LogP contribution < -0.4 is 16.7 Å². The molecule has 0 radical (unpaired) electrons. The predicted molar refractivity (Wildman–Crippen MR) is 79.5 cm³/mol. The Balaban J connectivity index is 2.19. The van der Waals surface area contributed by atoms with E-state index in [1.54, 1.807) is 0 Å². The lowest BCUT2D eigenvalue weighted by atomic mass is 9.85. The molecule has 6 nitrogen and oxygen atoms in total. The Hall–Kier alpha value is -1.80. The van der Waals surface area contributed by atoms with Crippen LogP contribution in [0.4, 0.5) is 19.1 Å². The fraction of sp³-hybridized carbons (Fsp3) is 0.786. The van der Waals surface area contributed by atoms with Crippen molar-refractivity contribution in [3.8, 4) is 0 Å². The highest BCUT2D eigenvalue weighted by Gasteiger charge is 2.39. The number of nitrogens with one attached hydrogen (secondary N) is 2. The van der Waals surface area contributed by atoms with E-state index in [9.17, 15) is 22.8 Å². The minimum Gasteiger partial charge on any atom is -0.353 e. The third-order valence-corrected chi connectivity index (χ3v) is 4.44. The summed E-state index contributed by atoms with van der Waals surface area (Å²) < 4.78 is 38.2. The first-order chi connectivity index (χ1) is 10.7. The zero-order valence-corrected chi connectivity index (χ0v) is 13.1. The Kier molecular flexibility index (Phi) is 5.16. The summed E-state index contributed by atoms with van der Waals surface area (Å²) in [6, 6.07) is -2.25. The standard InChI is InChI=1S/C14H21F3N4O2/c1-8(10-6-4-3-5-7-10)18-11-19-12(22)21(13(23)20-11)9(2)14(15,16)17/h8-10H,3-7H2,1-2H3,(H2,18,19,20,22,23)/t8-,9+/m0/s1. The van der Waals surface area contributed by atoms with E-state index in [-0.39, 0.29) is 16.6 Å². The summed E-state index contributed by atoms with van der Waals surface area (Å²) in [7, 11) is 0. The van der Waals surface area contributed by atoms with Gasteiger partial charge in [-0.2, -0.15) is 18.2 Å². The molecule has 1 aromatic rings. The van der Waals surface area contributed by atoms with Crippen molar-refractivity contribution in [2.45, 2.75) is 64.2 Å². The monoisotopic (exact) mass is 334 g/mol. The van der Waals surface area contributed by atoms with Crippen LogP contribution >= 0.6 is 0 Å². The van der Waals surface area contributed by atoms with E-state index in [4.69, 9.17) is 0 Å². The van der Waals surface area contributed by atoms with Crippen LogP contribution in [-0.4, -0.2) is 26.8 Å². The molecular formula is C14H21F3N4O2. The number of hydrogen-bond acceptors (Lipinski definition) is 4. The minimum absolute atomic E-state index is 0.0197. The minimum atomic E-state index is -4.69. The molecule has 130 valence electrons. The smallest absolute Gasteiger partial charge is 0.353 e. The number of hydrogen-bond donors (Lipinski definition) is 2. The van der Waals surface area contributed by atoms with E-state index in [1.165, 1.54) is 6.42 Å². The van der Waals surface area contributed by atoms with Gasteiger partial charge in [-0.25, -0.2) is 14.2 Å². The molecule has 0 amide bonds. The first-order valence-corrected chi connectivity index (χ1v) is 7.76. The molecule has 2 rings (SSSR count). The SMILES string of the molecule is C[C@H](Nc1nc(=O)n([C@H](C)C(F)(F)F)c(=O)[nH]1)C1CCCCC1. The lowest BCUT2D eigenvalue weighted by Crippen LogP contribution is -2.44. The number of aromatic nitrogens is 3. The molecular weight excluding hydrogens is 313 g/mol. The molecule has 23 heavy (non-hydrogen) atoms. The van der Waals surface area contributed by atoms with E-state index in [0.29, 0.717) is 5.92 Å². The van der Waals surface area contributed by atoms with E-state index in [2.05, 4.69) is 15.3 Å². The first-order valence-electron chi connectivity index (χ1n) is 7.76. The molecule has 2 atom stereocenters. The number of H-pyrrole nitrogens is 1. The van der Waals surface area contributed by atoms with Gasteiger partial charge < -0.3 is 5.32 Å². The Morgan fingerprint density at radius 2 is 1.83 bits per heavy atom. The Bertz CT molecular complexity index is 615. The summed E-state index contributed by atoms with van der Waals surface area (Å²) in [4.78, 5) is 29.4. The first kappa shape index (κ1) is 17.6. The summed E-state index contributed by atoms with van der Waals surface area (Å²) in [5.74, 6) is 0.314. The van der Waals surface area contributed by atoms with Crippen LogP contribution in [0.25, 0.3) is 0 Å². The maximum absolute atomic E-state index is 12.7. The van der Waals surface area contributed by atoms with Crippen LogP contribution in [0.2, 0.25) is 0 Å². The zero-order chi connectivity index (χ0) is 17.2. The van der Waals surface area contributed by atoms with E-state index >= 15 is 0 Å². The van der Waals surface area contributed by atoms with Gasteiger partial charge in [0.25, 0.3) is 0 Å². The second-order valence-corrected chi connectivity index (χ2v) is 6.09. The fourth-order valence-corrected chi connectivity index (χ4v) is 2.95. The van der Waals surface area contributed by atoms with Crippen LogP contribution in [0, 0.1) is 5.92 Å². The number of rotatable bonds is 4. The normalized spacial score (nSPS) is 19.3. The maximum Gasteiger partial charge on any atom is 0.409 e. The molecule has 1 fully saturated rings. The quantitative estimate of drug-likeness (QED) is 0.886. The molecule has 1 saturated carbocycles. The molecule has 0 unspecified atom stereocenters. The molecule has 0 spiro atoms. The molecule has 1 aromatic heterocycles. The average Bonchev–Trinajstić information content (AvgIpc) is 2.46. The largest absolute Gasteiger partial charge is 0.409 e. The van der Waals surface area contributed by atoms with Crippen LogP contribution in [-0.2, 0) is 0 Å². The highest BCUT2D eigenvalue weighted by atomic mass is 19.4. The van der Waals surface area contributed by atoms with Crippen molar-refractivity contribution < 1.29 is 13.2 Å². The topological polar surface area (TPSA) is 79.8 Å². The van der Waals surface area contributed by atoms with E-state index in [1.807, 2.05) is 6.92 Å². The molecule has 9 heteroatoms. The number of aromatic amines is 1. The summed E-state index contributed by atoms with van der Waals surface area (Å²) in [5, 5.41) is 2.94. The molecule has 0 aliphatic heterocycles. The Morgan fingerprint density at radius 3 is 2.35 bits per heavy atom. The van der Waals surface area contributed by atoms with Gasteiger partial charge in [-0.1, -0.05) is 19.3 Å². The van der Waals surface area contributed by atoms with Gasteiger partial charge >= 0.3 is 17.6 Å². The fourth-order valence-electron chi connectivity index (χ4n) is 2.95. The zero-order valence-electron chi connectivity index (χ0n) is 13.1. The molecule has 0 aromatic carbocycles. The van der Waals surface area contributed by atoms with E-state index in [0.717, 1.165) is 32.6 Å². The number of nitrogens with zero attached hydrogens (tertiary/aromatic N) is 2. The summed E-state index contributed by atoms with van der Waals surface area (Å²) >= 11 is 0. The van der Waals surface area contributed by atoms with Crippen LogP contribution in [0.1, 0.15) is 52.0 Å². The maximum atomic E-state index is 12.7. The molecule has 0 bridgehead atoms. The van der Waals surface area contributed by atoms with Gasteiger partial charge in [0.1, 0.15) is 6.04 Å². The average molecular weight is 334 g/mol. The van der Waals surface area contributed by atoms with Gasteiger partial charge in [-0.05, 0) is 32.6 Å². The van der Waals surface area contributed by atoms with Crippen molar-refractivity contribution in [1.29, 1.82) is 0 Å². The molecule has 2 N–H and O–H groups in total. The predicted octanol–water partition coefficient (Wildman–Crippen LogP) is 2.44. The van der Waals surface area contributed by atoms with Crippen molar-refractivity contribution in [1.82, 2.24) is 14.5 Å². The van der Waals surface area contributed by atoms with Crippen molar-refractivity contribution in [2.75, 3.05) is 5.32 Å². The summed E-state index contributed by atoms with van der Waals surface area (Å²) in [6.07, 6.45) is 0.852. The lowest BCUT2D eigenvalue weighted by Gasteiger charge is -2.28. The van der Waals surface area contributed by atoms with Crippen molar-refractivity contribution in [3.63, 3.8) is 0 Å². The van der Waals surface area contributed by atoms with Crippen LogP contribution in [0.3, 0.4) is 0 Å². The van der Waals surface area contributed by atoms with Gasteiger partial charge in [0.2, 0.25) is 5.95 Å². The second kappa shape index (κ2) is 6.76.